The van der Waals surface area contributed by atoms with Gasteiger partial charge in [0.25, 0.3) is 0 Å². The first kappa shape index (κ1) is 25.3. The van der Waals surface area contributed by atoms with E-state index in [1.807, 2.05) is 6.92 Å². The Morgan fingerprint density at radius 1 is 1.31 bits per heavy atom. The highest BCUT2D eigenvalue weighted by atomic mass is 35.5. The van der Waals surface area contributed by atoms with E-state index >= 15 is 0 Å². The van der Waals surface area contributed by atoms with Crippen LogP contribution >= 0.6 is 24.2 Å². The molecule has 180 valence electrons. The molecule has 2 amide bonds. The zero-order valence-electron chi connectivity index (χ0n) is 18.1. The second kappa shape index (κ2) is 9.86. The Morgan fingerprint density at radius 3 is 2.66 bits per heavy atom. The number of aliphatic hydroxyl groups is 2. The number of piperazine rings is 1. The number of nitrogens with one attached hydrogen (secondary N) is 2. The predicted octanol–water partition coefficient (Wildman–Crippen LogP) is -1.18. The highest BCUT2D eigenvalue weighted by molar-refractivity contribution is 8.03. The first-order valence-electron chi connectivity index (χ1n) is 10.8. The fraction of sp³-hybridized carbons (Fsp3) is 0.750. The zero-order chi connectivity index (χ0) is 22.4. The van der Waals surface area contributed by atoms with Gasteiger partial charge in [0.1, 0.15) is 5.70 Å². The van der Waals surface area contributed by atoms with Gasteiger partial charge in [-0.05, 0) is 13.3 Å². The summed E-state index contributed by atoms with van der Waals surface area (Å²) in [4.78, 5) is 41.1. The number of carboxylic acids is 1. The molecule has 4 aliphatic rings. The Balaban J connectivity index is 0.00000289. The molecule has 0 aromatic rings. The van der Waals surface area contributed by atoms with E-state index in [0.717, 1.165) is 0 Å². The summed E-state index contributed by atoms with van der Waals surface area (Å²) in [6, 6.07) is -0.788. The minimum Gasteiger partial charge on any atom is -0.477 e. The third kappa shape index (κ3) is 4.26. The molecule has 7 atom stereocenters. The van der Waals surface area contributed by atoms with Gasteiger partial charge in [0.15, 0.2) is 0 Å². The molecule has 10 nitrogen and oxygen atoms in total. The van der Waals surface area contributed by atoms with Crippen molar-refractivity contribution in [3.63, 3.8) is 0 Å². The number of carboxylic acid groups (broad SMARTS) is 1. The maximum Gasteiger partial charge on any atom is 0.353 e. The van der Waals surface area contributed by atoms with Crippen LogP contribution < -0.4 is 10.6 Å². The number of hydrogen-bond acceptors (Lipinski definition) is 8. The lowest BCUT2D eigenvalue weighted by molar-refractivity contribution is -0.163. The van der Waals surface area contributed by atoms with Gasteiger partial charge in [0, 0.05) is 48.3 Å². The molecule has 5 N–H and O–H groups in total. The number of carbonyl (C=O) groups excluding carboxylic acids is 2. The fourth-order valence-corrected chi connectivity index (χ4v) is 6.69. The maximum absolute atomic E-state index is 12.9. The van der Waals surface area contributed by atoms with Crippen LogP contribution in [0.2, 0.25) is 0 Å². The zero-order valence-corrected chi connectivity index (χ0v) is 19.7. The summed E-state index contributed by atoms with van der Waals surface area (Å²) < 4.78 is 0. The fourth-order valence-electron chi connectivity index (χ4n) is 5.21. The van der Waals surface area contributed by atoms with Crippen LogP contribution in [0, 0.1) is 11.8 Å². The summed E-state index contributed by atoms with van der Waals surface area (Å²) in [7, 11) is 0. The van der Waals surface area contributed by atoms with Gasteiger partial charge in [-0.3, -0.25) is 9.59 Å². The molecule has 0 aliphatic carbocycles. The van der Waals surface area contributed by atoms with Crippen LogP contribution in [-0.4, -0.2) is 105 Å². The van der Waals surface area contributed by atoms with Crippen molar-refractivity contribution < 1.29 is 29.7 Å². The molecule has 0 aromatic heterocycles. The molecule has 32 heavy (non-hydrogen) atoms. The van der Waals surface area contributed by atoms with E-state index in [1.54, 1.807) is 11.8 Å². The lowest BCUT2D eigenvalue weighted by Gasteiger charge is -2.46. The largest absolute Gasteiger partial charge is 0.477 e. The van der Waals surface area contributed by atoms with Gasteiger partial charge >= 0.3 is 5.97 Å². The van der Waals surface area contributed by atoms with Crippen LogP contribution in [0.25, 0.3) is 0 Å². The lowest BCUT2D eigenvalue weighted by atomic mass is 9.79. The van der Waals surface area contributed by atoms with E-state index < -0.39 is 18.0 Å². The molecular weight excluding hydrogens is 460 g/mol. The average Bonchev–Trinajstić information content (AvgIpc) is 3.29. The van der Waals surface area contributed by atoms with Gasteiger partial charge in [-0.25, -0.2) is 4.79 Å². The molecule has 3 fully saturated rings. The number of rotatable bonds is 6. The molecule has 0 radical (unpaired) electrons. The summed E-state index contributed by atoms with van der Waals surface area (Å²) in [6.45, 7) is 5.72. The minimum atomic E-state index is -1.14. The van der Waals surface area contributed by atoms with Crippen molar-refractivity contribution >= 4 is 42.0 Å². The van der Waals surface area contributed by atoms with Gasteiger partial charge in [-0.1, -0.05) is 6.92 Å². The molecule has 4 rings (SSSR count). The molecular formula is C20H31ClN4O6S. The summed E-state index contributed by atoms with van der Waals surface area (Å²) >= 11 is 1.43. The number of nitrogens with zero attached hydrogens (tertiary/aromatic N) is 2. The van der Waals surface area contributed by atoms with E-state index in [2.05, 4.69) is 10.6 Å². The van der Waals surface area contributed by atoms with Crippen molar-refractivity contribution in [3.8, 4) is 0 Å². The van der Waals surface area contributed by atoms with Crippen LogP contribution in [-0.2, 0) is 14.4 Å². The molecule has 0 bridgehead atoms. The van der Waals surface area contributed by atoms with Crippen molar-refractivity contribution in [2.75, 3.05) is 32.8 Å². The molecule has 3 saturated heterocycles. The molecule has 12 heteroatoms. The van der Waals surface area contributed by atoms with Crippen LogP contribution in [0.4, 0.5) is 0 Å². The summed E-state index contributed by atoms with van der Waals surface area (Å²) in [5.41, 5.74) is 0.0204. The van der Waals surface area contributed by atoms with Gasteiger partial charge in [0.05, 0.1) is 30.7 Å². The number of fused-ring (bicyclic) bond motifs is 1. The predicted molar refractivity (Wildman–Crippen MR) is 120 cm³/mol. The monoisotopic (exact) mass is 490 g/mol. The number of carbonyl (C=O) groups is 3. The van der Waals surface area contributed by atoms with Gasteiger partial charge in [0.2, 0.25) is 11.8 Å². The third-order valence-corrected chi connectivity index (χ3v) is 8.29. The Morgan fingerprint density at radius 2 is 2.03 bits per heavy atom. The van der Waals surface area contributed by atoms with Gasteiger partial charge in [-0.15, -0.1) is 24.2 Å². The molecule has 4 heterocycles. The normalized spacial score (nSPS) is 35.3. The maximum atomic E-state index is 12.9. The third-order valence-electron chi connectivity index (χ3n) is 6.78. The quantitative estimate of drug-likeness (QED) is 0.291. The smallest absolute Gasteiger partial charge is 0.353 e. The first-order valence-corrected chi connectivity index (χ1v) is 11.6. The number of thioether (sulfide) groups is 1. The Kier molecular flexibility index (Phi) is 7.78. The Labute approximate surface area is 197 Å². The van der Waals surface area contributed by atoms with E-state index in [1.165, 1.54) is 16.7 Å². The molecule has 0 aromatic carbocycles. The van der Waals surface area contributed by atoms with Crippen molar-refractivity contribution in [1.29, 1.82) is 0 Å². The van der Waals surface area contributed by atoms with E-state index in [-0.39, 0.29) is 65.8 Å². The summed E-state index contributed by atoms with van der Waals surface area (Å²) in [5, 5.41) is 35.5. The van der Waals surface area contributed by atoms with E-state index in [4.69, 9.17) is 0 Å². The van der Waals surface area contributed by atoms with Crippen LogP contribution in [0.5, 0.6) is 0 Å². The van der Waals surface area contributed by atoms with Crippen LogP contribution in [0.15, 0.2) is 10.6 Å². The number of aliphatic carboxylic acids is 1. The highest BCUT2D eigenvalue weighted by Gasteiger charge is 2.60. The number of aliphatic hydroxyl groups excluding tert-OH is 2. The van der Waals surface area contributed by atoms with Crippen LogP contribution in [0.3, 0.4) is 0 Å². The molecule has 0 saturated carbocycles. The standard InChI is InChI=1S/C20H30N4O6S.ClH/c1-9-15-14(10(2)26)19(28)24(15)16(20(29)30)17(9)31-12-5-13(22-6-12)18(27)23-4-3-21-11(7-23)8-25;/h9-15,21-22,25-26H,3-8H2,1-2H3,(H,29,30);1H/t9-,10-,11?,12+,13+,14-,15-;/m1./s1. The van der Waals surface area contributed by atoms with Crippen LogP contribution in [0.1, 0.15) is 20.3 Å². The van der Waals surface area contributed by atoms with Crippen molar-refractivity contribution in [2.24, 2.45) is 11.8 Å². The average molecular weight is 491 g/mol. The Bertz CT molecular complexity index is 811. The number of hydrogen-bond donors (Lipinski definition) is 5. The number of halogens is 1. The first-order chi connectivity index (χ1) is 14.7. The van der Waals surface area contributed by atoms with E-state index in [0.29, 0.717) is 37.5 Å². The highest BCUT2D eigenvalue weighted by Crippen LogP contribution is 2.51. The van der Waals surface area contributed by atoms with Gasteiger partial charge < -0.3 is 35.8 Å². The molecule has 0 spiro atoms. The lowest BCUT2D eigenvalue weighted by Crippen LogP contribution is -2.63. The van der Waals surface area contributed by atoms with Gasteiger partial charge in [-0.2, -0.15) is 0 Å². The molecule has 1 unspecified atom stereocenters. The second-order valence-corrected chi connectivity index (χ2v) is 10.2. The van der Waals surface area contributed by atoms with Crippen molar-refractivity contribution in [1.82, 2.24) is 20.4 Å². The molecule has 4 aliphatic heterocycles. The number of β-lactam (4-membered cyclic amide) rings is 1. The second-order valence-electron chi connectivity index (χ2n) is 8.83. The number of amides is 2. The van der Waals surface area contributed by atoms with Crippen molar-refractivity contribution in [3.05, 3.63) is 10.6 Å². The SMILES string of the molecule is C[C@@H](O)[C@H]1C(=O)N2C(C(=O)O)=C(S[C@@H]3CN[C@H](C(=O)N4CCNC(CO)C4)C3)[C@H](C)[C@H]12.Cl. The van der Waals surface area contributed by atoms with E-state index in [9.17, 15) is 29.7 Å². The Hall–Kier alpha value is -1.37. The summed E-state index contributed by atoms with van der Waals surface area (Å²) in [6.07, 6.45) is -0.258. The van der Waals surface area contributed by atoms with Crippen molar-refractivity contribution in [2.45, 2.75) is 49.7 Å². The topological polar surface area (TPSA) is 142 Å². The minimum absolute atomic E-state index is 0. The summed E-state index contributed by atoms with van der Waals surface area (Å²) in [5.74, 6) is -2.23.